The number of nitrogens with zero attached hydrogens (tertiary/aromatic N) is 1. The number of benzene rings is 3. The number of fused-ring (bicyclic) bond motifs is 1. The molecule has 0 bridgehead atoms. The summed E-state index contributed by atoms with van der Waals surface area (Å²) in [6.07, 6.45) is 3.25. The highest BCUT2D eigenvalue weighted by Crippen LogP contribution is 2.36. The van der Waals surface area contributed by atoms with Crippen LogP contribution in [-0.2, 0) is 17.7 Å². The highest BCUT2D eigenvalue weighted by molar-refractivity contribution is 5.90. The summed E-state index contributed by atoms with van der Waals surface area (Å²) in [6.45, 7) is 4.68. The first-order valence-corrected chi connectivity index (χ1v) is 10.3. The molecule has 1 N–H and O–H groups in total. The molecule has 0 amide bonds. The van der Waals surface area contributed by atoms with Crippen LogP contribution in [-0.4, -0.2) is 12.3 Å². The van der Waals surface area contributed by atoms with E-state index in [1.165, 1.54) is 16.7 Å². The maximum atomic E-state index is 12.6. The summed E-state index contributed by atoms with van der Waals surface area (Å²) in [7, 11) is 0. The molecule has 1 aliphatic rings. The van der Waals surface area contributed by atoms with Crippen LogP contribution in [0.5, 0.6) is 0 Å². The van der Waals surface area contributed by atoms with Gasteiger partial charge in [-0.15, -0.1) is 0 Å². The molecule has 0 saturated carbocycles. The molecule has 1 unspecified atom stereocenters. The Bertz CT molecular complexity index is 1070. The fourth-order valence-corrected chi connectivity index (χ4v) is 3.70. The average molecular weight is 399 g/mol. The van der Waals surface area contributed by atoms with E-state index in [1.54, 1.807) is 6.34 Å². The molecule has 0 saturated heterocycles. The van der Waals surface area contributed by atoms with Crippen LogP contribution in [0.2, 0.25) is 0 Å². The fourth-order valence-electron chi connectivity index (χ4n) is 3.70. The van der Waals surface area contributed by atoms with Crippen LogP contribution in [0, 0.1) is 13.8 Å². The Labute approximate surface area is 177 Å². The fraction of sp³-hybridized carbons (Fsp3) is 0.231. The molecular weight excluding hydrogens is 372 g/mol. The van der Waals surface area contributed by atoms with Crippen molar-refractivity contribution >= 4 is 18.0 Å². The summed E-state index contributed by atoms with van der Waals surface area (Å²) >= 11 is 0. The van der Waals surface area contributed by atoms with Gasteiger partial charge in [0.2, 0.25) is 0 Å². The molecule has 0 aromatic heterocycles. The molecule has 4 nitrogen and oxygen atoms in total. The zero-order valence-corrected chi connectivity index (χ0v) is 17.4. The van der Waals surface area contributed by atoms with Gasteiger partial charge in [0.1, 0.15) is 6.10 Å². The van der Waals surface area contributed by atoms with Crippen LogP contribution < -0.4 is 5.32 Å². The Kier molecular flexibility index (Phi) is 5.94. The molecule has 4 rings (SSSR count). The lowest BCUT2D eigenvalue weighted by atomic mass is 10.1. The Balaban J connectivity index is 1.41. The number of carbonyl (C=O) groups excluding carboxylic acids is 1. The molecular formula is C26H26N2O2. The van der Waals surface area contributed by atoms with Crippen molar-refractivity contribution in [3.8, 4) is 0 Å². The van der Waals surface area contributed by atoms with E-state index in [1.807, 2.05) is 56.3 Å². The summed E-state index contributed by atoms with van der Waals surface area (Å²) < 4.78 is 5.86. The minimum absolute atomic E-state index is 0.211. The zero-order valence-electron chi connectivity index (χ0n) is 17.4. The highest BCUT2D eigenvalue weighted by atomic mass is 16.5. The van der Waals surface area contributed by atoms with Gasteiger partial charge in [0.05, 0.1) is 18.4 Å². The molecule has 0 radical (unpaired) electrons. The van der Waals surface area contributed by atoms with Crippen molar-refractivity contribution in [2.75, 3.05) is 5.32 Å². The van der Waals surface area contributed by atoms with Crippen LogP contribution >= 0.6 is 0 Å². The molecule has 1 aliphatic carbocycles. The number of ether oxygens (including phenoxy) is 1. The maximum Gasteiger partial charge on any atom is 0.338 e. The first-order chi connectivity index (χ1) is 14.6. The van der Waals surface area contributed by atoms with Crippen molar-refractivity contribution in [3.05, 3.63) is 100 Å². The van der Waals surface area contributed by atoms with Gasteiger partial charge in [-0.1, -0.05) is 42.5 Å². The van der Waals surface area contributed by atoms with Gasteiger partial charge in [0.25, 0.3) is 0 Å². The molecule has 152 valence electrons. The van der Waals surface area contributed by atoms with Gasteiger partial charge in [0, 0.05) is 5.69 Å². The molecule has 0 aliphatic heterocycles. The normalized spacial score (nSPS) is 15.2. The first kappa shape index (κ1) is 19.9. The van der Waals surface area contributed by atoms with Crippen molar-refractivity contribution in [1.29, 1.82) is 0 Å². The highest BCUT2D eigenvalue weighted by Gasteiger charge is 2.26. The van der Waals surface area contributed by atoms with Gasteiger partial charge in [-0.3, -0.25) is 4.99 Å². The molecule has 4 heteroatoms. The molecule has 0 fully saturated rings. The van der Waals surface area contributed by atoms with Crippen LogP contribution in [0.3, 0.4) is 0 Å². The second kappa shape index (κ2) is 8.95. The third-order valence-corrected chi connectivity index (χ3v) is 5.60. The predicted molar refractivity (Wildman–Crippen MR) is 121 cm³/mol. The van der Waals surface area contributed by atoms with E-state index in [4.69, 9.17) is 4.74 Å². The first-order valence-electron chi connectivity index (χ1n) is 10.3. The van der Waals surface area contributed by atoms with E-state index in [0.29, 0.717) is 12.1 Å². The quantitative estimate of drug-likeness (QED) is 0.325. The van der Waals surface area contributed by atoms with Gasteiger partial charge in [-0.25, -0.2) is 4.79 Å². The summed E-state index contributed by atoms with van der Waals surface area (Å²) in [5.41, 5.74) is 7.30. The lowest BCUT2D eigenvalue weighted by molar-refractivity contribution is 0.0301. The number of nitrogens with one attached hydrogen (secondary N) is 1. The van der Waals surface area contributed by atoms with E-state index in [9.17, 15) is 4.79 Å². The molecule has 0 heterocycles. The second-order valence-corrected chi connectivity index (χ2v) is 7.74. The standard InChI is InChI=1S/C26H26N2O2/c1-18-8-9-22(14-19(18)2)26(29)30-25-13-11-21-10-12-23(15-24(21)25)28-17-27-16-20-6-4-3-5-7-20/h3-10,12,14-15,17,25H,11,13,16H2,1-2H3,(H,27,28). The Morgan fingerprint density at radius 1 is 1.07 bits per heavy atom. The lowest BCUT2D eigenvalue weighted by Gasteiger charge is -2.15. The topological polar surface area (TPSA) is 50.7 Å². The molecule has 1 atom stereocenters. The number of aliphatic imine (C=N–C) groups is 1. The van der Waals surface area contributed by atoms with E-state index in [2.05, 4.69) is 34.6 Å². The largest absolute Gasteiger partial charge is 0.454 e. The summed E-state index contributed by atoms with van der Waals surface area (Å²) in [6, 6.07) is 22.0. The Morgan fingerprint density at radius 2 is 1.90 bits per heavy atom. The summed E-state index contributed by atoms with van der Waals surface area (Å²) in [5, 5.41) is 3.23. The lowest BCUT2D eigenvalue weighted by Crippen LogP contribution is -2.10. The SMILES string of the molecule is Cc1ccc(C(=O)OC2CCc3ccc(NC=NCc4ccccc4)cc32)cc1C. The number of hydrogen-bond acceptors (Lipinski definition) is 3. The van der Waals surface area contributed by atoms with E-state index in [-0.39, 0.29) is 12.1 Å². The number of anilines is 1. The Hall–Kier alpha value is -3.40. The van der Waals surface area contributed by atoms with Gasteiger partial charge in [-0.2, -0.15) is 0 Å². The van der Waals surface area contributed by atoms with Crippen LogP contribution in [0.1, 0.15) is 50.7 Å². The predicted octanol–water partition coefficient (Wildman–Crippen LogP) is 5.79. The second-order valence-electron chi connectivity index (χ2n) is 7.74. The van der Waals surface area contributed by atoms with Crippen molar-refractivity contribution in [1.82, 2.24) is 0 Å². The summed E-state index contributed by atoms with van der Waals surface area (Å²) in [5.74, 6) is -0.265. The van der Waals surface area contributed by atoms with Crippen LogP contribution in [0.25, 0.3) is 0 Å². The van der Waals surface area contributed by atoms with Crippen molar-refractivity contribution in [3.63, 3.8) is 0 Å². The van der Waals surface area contributed by atoms with Crippen molar-refractivity contribution in [2.24, 2.45) is 4.99 Å². The molecule has 3 aromatic rings. The van der Waals surface area contributed by atoms with Gasteiger partial charge in [0.15, 0.2) is 0 Å². The molecule has 3 aromatic carbocycles. The third kappa shape index (κ3) is 4.60. The number of aryl methyl sites for hydroxylation is 3. The van der Waals surface area contributed by atoms with Crippen molar-refractivity contribution < 1.29 is 9.53 Å². The smallest absolute Gasteiger partial charge is 0.338 e. The average Bonchev–Trinajstić information content (AvgIpc) is 3.16. The maximum absolute atomic E-state index is 12.6. The van der Waals surface area contributed by atoms with E-state index < -0.39 is 0 Å². The zero-order chi connectivity index (χ0) is 20.9. The van der Waals surface area contributed by atoms with Gasteiger partial charge in [-0.05, 0) is 78.8 Å². The van der Waals surface area contributed by atoms with E-state index in [0.717, 1.165) is 29.7 Å². The Morgan fingerprint density at radius 3 is 2.70 bits per heavy atom. The molecule has 0 spiro atoms. The van der Waals surface area contributed by atoms with Crippen molar-refractivity contribution in [2.45, 2.75) is 39.3 Å². The minimum atomic E-state index is -0.265. The van der Waals surface area contributed by atoms with Gasteiger partial charge >= 0.3 is 5.97 Å². The van der Waals surface area contributed by atoms with Crippen LogP contribution in [0.4, 0.5) is 5.69 Å². The monoisotopic (exact) mass is 398 g/mol. The molecule has 30 heavy (non-hydrogen) atoms. The summed E-state index contributed by atoms with van der Waals surface area (Å²) in [4.78, 5) is 17.1. The third-order valence-electron chi connectivity index (χ3n) is 5.60. The number of carbonyl (C=O) groups is 1. The van der Waals surface area contributed by atoms with Crippen LogP contribution in [0.15, 0.2) is 71.7 Å². The number of esters is 1. The minimum Gasteiger partial charge on any atom is -0.454 e. The number of rotatable bonds is 6. The number of hydrogen-bond donors (Lipinski definition) is 1. The van der Waals surface area contributed by atoms with Gasteiger partial charge < -0.3 is 10.1 Å². The van der Waals surface area contributed by atoms with E-state index >= 15 is 0 Å².